The third-order valence-corrected chi connectivity index (χ3v) is 3.70. The van der Waals surface area contributed by atoms with Crippen LogP contribution in [0, 0.1) is 11.8 Å². The molecule has 2 nitrogen and oxygen atoms in total. The van der Waals surface area contributed by atoms with Crippen molar-refractivity contribution in [3.05, 3.63) is 0 Å². The van der Waals surface area contributed by atoms with Gasteiger partial charge < -0.3 is 5.32 Å². The van der Waals surface area contributed by atoms with E-state index in [1.165, 1.54) is 19.4 Å². The second kappa shape index (κ2) is 5.86. The van der Waals surface area contributed by atoms with Gasteiger partial charge in [-0.1, -0.05) is 6.92 Å². The van der Waals surface area contributed by atoms with Gasteiger partial charge >= 0.3 is 0 Å². The number of nitrogens with one attached hydrogen (secondary N) is 1. The lowest BCUT2D eigenvalue weighted by atomic mass is 10.0. The van der Waals surface area contributed by atoms with Crippen LogP contribution in [-0.4, -0.2) is 37.1 Å². The average molecular weight is 212 g/mol. The third kappa shape index (κ3) is 4.12. The van der Waals surface area contributed by atoms with E-state index in [0.29, 0.717) is 12.1 Å². The molecular formula is C13H28N2. The van der Waals surface area contributed by atoms with Crippen molar-refractivity contribution < 1.29 is 0 Å². The maximum Gasteiger partial charge on any atom is 0.0107 e. The van der Waals surface area contributed by atoms with Crippen molar-refractivity contribution >= 4 is 0 Å². The first-order chi connectivity index (χ1) is 7.06. The van der Waals surface area contributed by atoms with E-state index in [-0.39, 0.29) is 0 Å². The minimum absolute atomic E-state index is 0.680. The van der Waals surface area contributed by atoms with Gasteiger partial charge in [-0.2, -0.15) is 0 Å². The molecule has 0 aromatic carbocycles. The van der Waals surface area contributed by atoms with E-state index in [2.05, 4.69) is 37.9 Å². The summed E-state index contributed by atoms with van der Waals surface area (Å²) in [5.41, 5.74) is 0. The normalized spacial score (nSPS) is 21.0. The highest BCUT2D eigenvalue weighted by Crippen LogP contribution is 2.31. The van der Waals surface area contributed by atoms with Crippen LogP contribution in [0.2, 0.25) is 0 Å². The van der Waals surface area contributed by atoms with Crippen molar-refractivity contribution in [3.63, 3.8) is 0 Å². The second-order valence-electron chi connectivity index (χ2n) is 5.51. The Morgan fingerprint density at radius 3 is 2.20 bits per heavy atom. The highest BCUT2D eigenvalue weighted by molar-refractivity contribution is 4.83. The lowest BCUT2D eigenvalue weighted by Crippen LogP contribution is -2.45. The smallest absolute Gasteiger partial charge is 0.0107 e. The molecule has 1 rings (SSSR count). The first-order valence-corrected chi connectivity index (χ1v) is 6.46. The lowest BCUT2D eigenvalue weighted by molar-refractivity contribution is 0.118. The van der Waals surface area contributed by atoms with Gasteiger partial charge in [-0.05, 0) is 59.0 Å². The molecule has 90 valence electrons. The van der Waals surface area contributed by atoms with Gasteiger partial charge in [0.25, 0.3) is 0 Å². The summed E-state index contributed by atoms with van der Waals surface area (Å²) in [6.07, 6.45) is 2.91. The zero-order valence-electron chi connectivity index (χ0n) is 11.1. The van der Waals surface area contributed by atoms with E-state index < -0.39 is 0 Å². The number of nitrogens with zero attached hydrogens (tertiary/aromatic N) is 1. The van der Waals surface area contributed by atoms with Crippen LogP contribution in [0.5, 0.6) is 0 Å². The highest BCUT2D eigenvalue weighted by atomic mass is 15.2. The van der Waals surface area contributed by atoms with Crippen LogP contribution in [-0.2, 0) is 0 Å². The number of hydrogen-bond donors (Lipinski definition) is 1. The van der Waals surface area contributed by atoms with Gasteiger partial charge in [0, 0.05) is 18.6 Å². The van der Waals surface area contributed by atoms with E-state index in [0.717, 1.165) is 18.4 Å². The quantitative estimate of drug-likeness (QED) is 0.697. The highest BCUT2D eigenvalue weighted by Gasteiger charge is 2.29. The lowest BCUT2D eigenvalue weighted by Gasteiger charge is -2.36. The van der Waals surface area contributed by atoms with E-state index in [1.54, 1.807) is 0 Å². The maximum atomic E-state index is 3.28. The predicted octanol–water partition coefficient (Wildman–Crippen LogP) is 2.35. The molecule has 1 fully saturated rings. The van der Waals surface area contributed by atoms with Crippen molar-refractivity contribution in [2.45, 2.75) is 52.6 Å². The van der Waals surface area contributed by atoms with E-state index in [1.807, 2.05) is 7.05 Å². The molecule has 0 saturated heterocycles. The van der Waals surface area contributed by atoms with Gasteiger partial charge in [0.15, 0.2) is 0 Å². The molecule has 1 aliphatic carbocycles. The van der Waals surface area contributed by atoms with Gasteiger partial charge in [0.2, 0.25) is 0 Å². The van der Waals surface area contributed by atoms with Gasteiger partial charge in [0.05, 0.1) is 0 Å². The van der Waals surface area contributed by atoms with Crippen molar-refractivity contribution in [3.8, 4) is 0 Å². The Labute approximate surface area is 95.4 Å². The largest absolute Gasteiger partial charge is 0.319 e. The molecule has 0 heterocycles. The Hall–Kier alpha value is -0.0800. The Morgan fingerprint density at radius 2 is 1.80 bits per heavy atom. The molecule has 0 amide bonds. The Morgan fingerprint density at radius 1 is 1.20 bits per heavy atom. The topological polar surface area (TPSA) is 15.3 Å². The molecule has 0 aliphatic heterocycles. The van der Waals surface area contributed by atoms with Crippen molar-refractivity contribution in [2.24, 2.45) is 11.8 Å². The molecule has 1 saturated carbocycles. The summed E-state index contributed by atoms with van der Waals surface area (Å²) in [4.78, 5) is 2.68. The van der Waals surface area contributed by atoms with Crippen LogP contribution in [0.25, 0.3) is 0 Å². The molecule has 1 N–H and O–H groups in total. The van der Waals surface area contributed by atoms with Gasteiger partial charge in [-0.25, -0.2) is 0 Å². The molecule has 0 aromatic rings. The summed E-state index contributed by atoms with van der Waals surface area (Å²) in [7, 11) is 2.05. The Kier molecular flexibility index (Phi) is 5.07. The fourth-order valence-electron chi connectivity index (χ4n) is 2.27. The van der Waals surface area contributed by atoms with E-state index in [9.17, 15) is 0 Å². The third-order valence-electron chi connectivity index (χ3n) is 3.70. The number of hydrogen-bond acceptors (Lipinski definition) is 2. The monoisotopic (exact) mass is 212 g/mol. The standard InChI is InChI=1S/C13H28N2/c1-10(2)15(9-13-6-7-13)12(4)11(3)8-14-5/h10-14H,6-9H2,1-5H3. The summed E-state index contributed by atoms with van der Waals surface area (Å²) in [6.45, 7) is 11.8. The minimum Gasteiger partial charge on any atom is -0.319 e. The van der Waals surface area contributed by atoms with Crippen LogP contribution in [0.15, 0.2) is 0 Å². The van der Waals surface area contributed by atoms with Crippen LogP contribution >= 0.6 is 0 Å². The summed E-state index contributed by atoms with van der Waals surface area (Å²) >= 11 is 0. The molecule has 2 atom stereocenters. The molecule has 0 aromatic heterocycles. The molecule has 0 radical (unpaired) electrons. The minimum atomic E-state index is 0.680. The van der Waals surface area contributed by atoms with Crippen molar-refractivity contribution in [2.75, 3.05) is 20.1 Å². The molecule has 2 unspecified atom stereocenters. The van der Waals surface area contributed by atoms with Crippen LogP contribution in [0.1, 0.15) is 40.5 Å². The summed E-state index contributed by atoms with van der Waals surface area (Å²) in [6, 6.07) is 1.37. The van der Waals surface area contributed by atoms with E-state index >= 15 is 0 Å². The molecule has 0 spiro atoms. The first kappa shape index (κ1) is 13.0. The van der Waals surface area contributed by atoms with Crippen LogP contribution in [0.4, 0.5) is 0 Å². The van der Waals surface area contributed by atoms with Crippen LogP contribution in [0.3, 0.4) is 0 Å². The van der Waals surface area contributed by atoms with Gasteiger partial charge in [0.1, 0.15) is 0 Å². The SMILES string of the molecule is CNCC(C)C(C)N(CC1CC1)C(C)C. The fourth-order valence-corrected chi connectivity index (χ4v) is 2.27. The number of rotatable bonds is 7. The Balaban J connectivity index is 2.44. The zero-order valence-corrected chi connectivity index (χ0v) is 11.1. The molecule has 1 aliphatic rings. The molecule has 0 bridgehead atoms. The van der Waals surface area contributed by atoms with Gasteiger partial charge in [-0.15, -0.1) is 0 Å². The van der Waals surface area contributed by atoms with Gasteiger partial charge in [-0.3, -0.25) is 4.90 Å². The predicted molar refractivity (Wildman–Crippen MR) is 67.1 cm³/mol. The molecule has 2 heteroatoms. The fraction of sp³-hybridized carbons (Fsp3) is 1.00. The molecule has 15 heavy (non-hydrogen) atoms. The Bertz CT molecular complexity index is 175. The second-order valence-corrected chi connectivity index (χ2v) is 5.51. The van der Waals surface area contributed by atoms with Crippen molar-refractivity contribution in [1.82, 2.24) is 10.2 Å². The van der Waals surface area contributed by atoms with Crippen molar-refractivity contribution in [1.29, 1.82) is 0 Å². The summed E-state index contributed by atoms with van der Waals surface area (Å²) in [5, 5.41) is 3.28. The summed E-state index contributed by atoms with van der Waals surface area (Å²) < 4.78 is 0. The average Bonchev–Trinajstić information content (AvgIpc) is 2.96. The van der Waals surface area contributed by atoms with Crippen LogP contribution < -0.4 is 5.32 Å². The van der Waals surface area contributed by atoms with E-state index in [4.69, 9.17) is 0 Å². The molecular weight excluding hydrogens is 184 g/mol. The summed E-state index contributed by atoms with van der Waals surface area (Å²) in [5.74, 6) is 1.73. The maximum absolute atomic E-state index is 3.28. The zero-order chi connectivity index (χ0) is 11.4. The first-order valence-electron chi connectivity index (χ1n) is 6.46.